The van der Waals surface area contributed by atoms with Gasteiger partial charge in [-0.2, -0.15) is 17.9 Å². The number of alkyl halides is 3. The molecule has 5 nitrogen and oxygen atoms in total. The Bertz CT molecular complexity index is 903. The van der Waals surface area contributed by atoms with Gasteiger partial charge >= 0.3 is 6.18 Å². The first-order valence-electron chi connectivity index (χ1n) is 7.04. The number of hydrogen-bond donors (Lipinski definition) is 1. The Labute approximate surface area is 139 Å². The van der Waals surface area contributed by atoms with Crippen LogP contribution < -0.4 is 10.5 Å². The maximum Gasteiger partial charge on any atom is 0.416 e. The molecule has 130 valence electrons. The number of nitrogen functional groups attached to an aromatic ring is 1. The number of anilines is 1. The van der Waals surface area contributed by atoms with Crippen molar-refractivity contribution in [1.82, 2.24) is 15.0 Å². The third-order valence-corrected chi connectivity index (χ3v) is 3.57. The monoisotopic (exact) mass is 352 g/mol. The Morgan fingerprint density at radius 1 is 1.08 bits per heavy atom. The minimum atomic E-state index is -4.63. The van der Waals surface area contributed by atoms with E-state index in [0.717, 1.165) is 12.1 Å². The van der Waals surface area contributed by atoms with Crippen molar-refractivity contribution in [2.24, 2.45) is 0 Å². The van der Waals surface area contributed by atoms with Gasteiger partial charge in [0, 0.05) is 5.56 Å². The Hall–Kier alpha value is -3.10. The molecule has 0 unspecified atom stereocenters. The lowest BCUT2D eigenvalue weighted by molar-refractivity contribution is -0.137. The first-order chi connectivity index (χ1) is 11.8. The molecule has 0 aliphatic heterocycles. The van der Waals surface area contributed by atoms with Crippen molar-refractivity contribution in [3.63, 3.8) is 0 Å². The fourth-order valence-corrected chi connectivity index (χ4v) is 2.28. The molecule has 0 amide bonds. The molecule has 0 saturated carbocycles. The standard InChI is InChI=1S/C16H12F4N4O/c1-25-11-5-3-10(4-6-11)24-15(21)14(22-23-24)12-7-2-9(8-13(12)17)16(18,19)20/h2-8H,21H2,1H3. The molecule has 2 aromatic carbocycles. The highest BCUT2D eigenvalue weighted by atomic mass is 19.4. The van der Waals surface area contributed by atoms with Crippen molar-refractivity contribution in [3.05, 3.63) is 53.8 Å². The van der Waals surface area contributed by atoms with Crippen LogP contribution in [-0.4, -0.2) is 22.1 Å². The summed E-state index contributed by atoms with van der Waals surface area (Å²) >= 11 is 0. The van der Waals surface area contributed by atoms with E-state index in [1.807, 2.05) is 0 Å². The molecule has 2 N–H and O–H groups in total. The zero-order chi connectivity index (χ0) is 18.2. The van der Waals surface area contributed by atoms with E-state index in [0.29, 0.717) is 17.5 Å². The maximum atomic E-state index is 14.1. The number of aromatic nitrogens is 3. The van der Waals surface area contributed by atoms with E-state index in [1.54, 1.807) is 24.3 Å². The first kappa shape index (κ1) is 16.7. The Morgan fingerprint density at radius 2 is 1.76 bits per heavy atom. The van der Waals surface area contributed by atoms with Crippen LogP contribution in [0.5, 0.6) is 5.75 Å². The fourth-order valence-electron chi connectivity index (χ4n) is 2.28. The zero-order valence-corrected chi connectivity index (χ0v) is 12.9. The third-order valence-electron chi connectivity index (χ3n) is 3.57. The van der Waals surface area contributed by atoms with Crippen LogP contribution in [0.15, 0.2) is 42.5 Å². The molecule has 3 rings (SSSR count). The topological polar surface area (TPSA) is 66.0 Å². The van der Waals surface area contributed by atoms with Crippen molar-refractivity contribution in [1.29, 1.82) is 0 Å². The lowest BCUT2D eigenvalue weighted by atomic mass is 10.1. The summed E-state index contributed by atoms with van der Waals surface area (Å²) < 4.78 is 58.3. The molecule has 25 heavy (non-hydrogen) atoms. The SMILES string of the molecule is COc1ccc(-n2nnc(-c3ccc(C(F)(F)F)cc3F)c2N)cc1. The Morgan fingerprint density at radius 3 is 2.32 bits per heavy atom. The number of benzene rings is 2. The molecule has 1 heterocycles. The molecule has 0 spiro atoms. The van der Waals surface area contributed by atoms with Gasteiger partial charge in [-0.15, -0.1) is 5.10 Å². The van der Waals surface area contributed by atoms with Crippen molar-refractivity contribution < 1.29 is 22.3 Å². The van der Waals surface area contributed by atoms with Crippen LogP contribution in [0.3, 0.4) is 0 Å². The van der Waals surface area contributed by atoms with Crippen molar-refractivity contribution >= 4 is 5.82 Å². The van der Waals surface area contributed by atoms with Crippen molar-refractivity contribution in [2.45, 2.75) is 6.18 Å². The van der Waals surface area contributed by atoms with E-state index >= 15 is 0 Å². The second-order valence-corrected chi connectivity index (χ2v) is 5.13. The highest BCUT2D eigenvalue weighted by Crippen LogP contribution is 2.34. The van der Waals surface area contributed by atoms with E-state index < -0.39 is 17.6 Å². The largest absolute Gasteiger partial charge is 0.497 e. The number of ether oxygens (including phenoxy) is 1. The lowest BCUT2D eigenvalue weighted by Crippen LogP contribution is -2.06. The lowest BCUT2D eigenvalue weighted by Gasteiger charge is -2.08. The van der Waals surface area contributed by atoms with E-state index in [2.05, 4.69) is 10.3 Å². The van der Waals surface area contributed by atoms with Gasteiger partial charge in [-0.3, -0.25) is 0 Å². The summed E-state index contributed by atoms with van der Waals surface area (Å²) in [5.74, 6) is -0.455. The van der Waals surface area contributed by atoms with Gasteiger partial charge in [0.25, 0.3) is 0 Å². The van der Waals surface area contributed by atoms with E-state index in [4.69, 9.17) is 10.5 Å². The third kappa shape index (κ3) is 3.12. The van der Waals surface area contributed by atoms with Gasteiger partial charge in [-0.1, -0.05) is 5.21 Å². The number of nitrogens with zero attached hydrogens (tertiary/aromatic N) is 3. The highest BCUT2D eigenvalue weighted by molar-refractivity contribution is 5.71. The minimum Gasteiger partial charge on any atom is -0.497 e. The molecule has 3 aromatic rings. The molecule has 9 heteroatoms. The number of methoxy groups -OCH3 is 1. The maximum absolute atomic E-state index is 14.1. The summed E-state index contributed by atoms with van der Waals surface area (Å²) in [4.78, 5) is 0. The van der Waals surface area contributed by atoms with Crippen LogP contribution in [0.4, 0.5) is 23.4 Å². The smallest absolute Gasteiger partial charge is 0.416 e. The molecular weight excluding hydrogens is 340 g/mol. The molecule has 0 radical (unpaired) electrons. The van der Waals surface area contributed by atoms with E-state index in [9.17, 15) is 17.6 Å². The predicted molar refractivity (Wildman–Crippen MR) is 82.7 cm³/mol. The van der Waals surface area contributed by atoms with Gasteiger partial charge < -0.3 is 10.5 Å². The molecule has 0 aliphatic carbocycles. The number of nitrogens with two attached hydrogens (primary N) is 1. The average molecular weight is 352 g/mol. The van der Waals surface area contributed by atoms with Crippen LogP contribution in [0.2, 0.25) is 0 Å². The zero-order valence-electron chi connectivity index (χ0n) is 12.9. The average Bonchev–Trinajstić information content (AvgIpc) is 2.95. The fraction of sp³-hybridized carbons (Fsp3) is 0.125. The highest BCUT2D eigenvalue weighted by Gasteiger charge is 2.31. The van der Waals surface area contributed by atoms with Crippen LogP contribution in [-0.2, 0) is 6.18 Å². The van der Waals surface area contributed by atoms with Gasteiger partial charge in [0.15, 0.2) is 5.82 Å². The van der Waals surface area contributed by atoms with Crippen LogP contribution >= 0.6 is 0 Å². The first-order valence-corrected chi connectivity index (χ1v) is 7.04. The van der Waals surface area contributed by atoms with E-state index in [1.165, 1.54) is 11.8 Å². The van der Waals surface area contributed by atoms with Crippen molar-refractivity contribution in [3.8, 4) is 22.7 Å². The number of rotatable bonds is 3. The molecule has 1 aromatic heterocycles. The molecule has 0 aliphatic rings. The molecular formula is C16H12F4N4O. The molecule has 0 fully saturated rings. The van der Waals surface area contributed by atoms with Gasteiger partial charge in [-0.25, -0.2) is 4.39 Å². The van der Waals surface area contributed by atoms with Crippen molar-refractivity contribution in [2.75, 3.05) is 12.8 Å². The second kappa shape index (κ2) is 6.08. The molecule has 0 atom stereocenters. The molecule has 0 bridgehead atoms. The normalized spacial score (nSPS) is 11.6. The summed E-state index contributed by atoms with van der Waals surface area (Å²) in [5.41, 5.74) is 5.20. The summed E-state index contributed by atoms with van der Waals surface area (Å²) in [5, 5.41) is 7.64. The minimum absolute atomic E-state index is 0.00354. The van der Waals surface area contributed by atoms with Gasteiger partial charge in [-0.05, 0) is 42.5 Å². The summed E-state index contributed by atoms with van der Waals surface area (Å²) in [7, 11) is 1.52. The van der Waals surface area contributed by atoms with E-state index in [-0.39, 0.29) is 17.1 Å². The summed E-state index contributed by atoms with van der Waals surface area (Å²) in [6.45, 7) is 0. The van der Waals surface area contributed by atoms with Crippen LogP contribution in [0.25, 0.3) is 16.9 Å². The number of halogens is 4. The quantitative estimate of drug-likeness (QED) is 0.730. The van der Waals surface area contributed by atoms with Crippen LogP contribution in [0, 0.1) is 5.82 Å². The molecule has 0 saturated heterocycles. The summed E-state index contributed by atoms with van der Waals surface area (Å²) in [6.07, 6.45) is -4.63. The van der Waals surface area contributed by atoms with Gasteiger partial charge in [0.1, 0.15) is 17.3 Å². The predicted octanol–water partition coefficient (Wildman–Crippen LogP) is 3.68. The second-order valence-electron chi connectivity index (χ2n) is 5.13. The Balaban J connectivity index is 2.01. The van der Waals surface area contributed by atoms with Crippen LogP contribution in [0.1, 0.15) is 5.56 Å². The van der Waals surface area contributed by atoms with Gasteiger partial charge in [0.2, 0.25) is 0 Å². The van der Waals surface area contributed by atoms with Gasteiger partial charge in [0.05, 0.1) is 18.4 Å². The Kier molecular flexibility index (Phi) is 4.07. The number of hydrogen-bond acceptors (Lipinski definition) is 4. The summed E-state index contributed by atoms with van der Waals surface area (Å²) in [6, 6.07) is 8.83.